The topological polar surface area (TPSA) is 114 Å². The van der Waals surface area contributed by atoms with Gasteiger partial charge < -0.3 is 15.0 Å². The number of nitrogens with one attached hydrogen (secondary N) is 2. The van der Waals surface area contributed by atoms with Gasteiger partial charge in [0, 0.05) is 25.7 Å². The maximum absolute atomic E-state index is 12.4. The van der Waals surface area contributed by atoms with Crippen molar-refractivity contribution >= 4 is 33.3 Å². The zero-order chi connectivity index (χ0) is 18.6. The van der Waals surface area contributed by atoms with Crippen LogP contribution in [0.15, 0.2) is 41.3 Å². The normalized spacial score (nSPS) is 14.7. The molecule has 0 spiro atoms. The van der Waals surface area contributed by atoms with Crippen molar-refractivity contribution in [3.63, 3.8) is 0 Å². The van der Waals surface area contributed by atoms with Crippen molar-refractivity contribution in [3.05, 3.63) is 36.4 Å². The zero-order valence-electron chi connectivity index (χ0n) is 14.2. The van der Waals surface area contributed by atoms with Crippen LogP contribution in [0, 0.1) is 0 Å². The fourth-order valence-electron chi connectivity index (χ4n) is 2.46. The van der Waals surface area contributed by atoms with Gasteiger partial charge in [-0.3, -0.25) is 9.52 Å². The molecule has 138 valence electrons. The van der Waals surface area contributed by atoms with E-state index in [-0.39, 0.29) is 16.6 Å². The molecule has 1 aromatic carbocycles. The van der Waals surface area contributed by atoms with Crippen LogP contribution in [0.25, 0.3) is 0 Å². The van der Waals surface area contributed by atoms with Gasteiger partial charge in [-0.15, -0.1) is 10.2 Å². The van der Waals surface area contributed by atoms with Gasteiger partial charge in [0.25, 0.3) is 10.0 Å². The number of amides is 1. The number of aromatic nitrogens is 2. The van der Waals surface area contributed by atoms with Crippen molar-refractivity contribution in [2.45, 2.75) is 11.8 Å². The molecule has 1 amide bonds. The first-order valence-electron chi connectivity index (χ1n) is 8.01. The van der Waals surface area contributed by atoms with Gasteiger partial charge >= 0.3 is 0 Å². The lowest BCUT2D eigenvalue weighted by Crippen LogP contribution is -2.36. The summed E-state index contributed by atoms with van der Waals surface area (Å²) in [7, 11) is -3.80. The number of carbonyl (C=O) groups is 1. The third-order valence-corrected chi connectivity index (χ3v) is 5.08. The first-order chi connectivity index (χ1) is 12.4. The number of hydrogen-bond acceptors (Lipinski definition) is 7. The number of nitrogens with zero attached hydrogens (tertiary/aromatic N) is 3. The third kappa shape index (κ3) is 4.46. The van der Waals surface area contributed by atoms with Crippen LogP contribution < -0.4 is 14.9 Å². The maximum atomic E-state index is 12.4. The first kappa shape index (κ1) is 18.1. The number of benzene rings is 1. The monoisotopic (exact) mass is 377 g/mol. The molecule has 1 fully saturated rings. The Balaban J connectivity index is 1.69. The number of morpholine rings is 1. The van der Waals surface area contributed by atoms with Crippen molar-refractivity contribution in [1.29, 1.82) is 0 Å². The molecule has 10 heteroatoms. The summed E-state index contributed by atoms with van der Waals surface area (Å²) in [6.45, 7) is 4.08. The molecule has 1 saturated heterocycles. The van der Waals surface area contributed by atoms with E-state index in [1.54, 1.807) is 12.1 Å². The summed E-state index contributed by atoms with van der Waals surface area (Å²) in [6, 6.07) is 9.13. The molecule has 0 radical (unpaired) electrons. The number of sulfonamides is 1. The van der Waals surface area contributed by atoms with Crippen LogP contribution >= 0.6 is 0 Å². The molecule has 2 heterocycles. The molecule has 0 saturated carbocycles. The molecule has 1 aromatic heterocycles. The summed E-state index contributed by atoms with van der Waals surface area (Å²) in [5.74, 6) is 0.582. The summed E-state index contributed by atoms with van der Waals surface area (Å²) in [5, 5.41) is 10.6. The van der Waals surface area contributed by atoms with Gasteiger partial charge in [-0.1, -0.05) is 0 Å². The smallest absolute Gasteiger partial charge is 0.263 e. The molecule has 2 N–H and O–H groups in total. The minimum atomic E-state index is -3.80. The van der Waals surface area contributed by atoms with E-state index in [0.29, 0.717) is 24.7 Å². The SMILES string of the molecule is CC(=O)Nc1ccc(S(=O)(=O)Nc2ccc(N3CCOCC3)nn2)cc1. The number of ether oxygens (including phenoxy) is 1. The highest BCUT2D eigenvalue weighted by Crippen LogP contribution is 2.18. The Morgan fingerprint density at radius 1 is 1.08 bits per heavy atom. The molecule has 0 atom stereocenters. The highest BCUT2D eigenvalue weighted by molar-refractivity contribution is 7.92. The number of rotatable bonds is 5. The molecule has 0 aliphatic carbocycles. The van der Waals surface area contributed by atoms with Gasteiger partial charge in [-0.05, 0) is 36.4 Å². The molecule has 1 aliphatic heterocycles. The van der Waals surface area contributed by atoms with Crippen LogP contribution in [0.5, 0.6) is 0 Å². The highest BCUT2D eigenvalue weighted by atomic mass is 32.2. The van der Waals surface area contributed by atoms with Gasteiger partial charge in [0.2, 0.25) is 5.91 Å². The average Bonchev–Trinajstić information content (AvgIpc) is 2.63. The minimum absolute atomic E-state index is 0.0608. The molecule has 0 unspecified atom stereocenters. The van der Waals surface area contributed by atoms with E-state index in [1.807, 2.05) is 4.90 Å². The van der Waals surface area contributed by atoms with E-state index >= 15 is 0 Å². The Bertz CT molecular complexity index is 863. The van der Waals surface area contributed by atoms with Crippen molar-refractivity contribution in [1.82, 2.24) is 10.2 Å². The third-order valence-electron chi connectivity index (χ3n) is 3.71. The molecule has 1 aliphatic rings. The van der Waals surface area contributed by atoms with E-state index in [1.165, 1.54) is 31.2 Å². The van der Waals surface area contributed by atoms with Crippen LogP contribution in [0.1, 0.15) is 6.92 Å². The lowest BCUT2D eigenvalue weighted by Gasteiger charge is -2.27. The maximum Gasteiger partial charge on any atom is 0.263 e. The number of carbonyl (C=O) groups excluding carboxylic acids is 1. The zero-order valence-corrected chi connectivity index (χ0v) is 15.0. The van der Waals surface area contributed by atoms with Crippen LogP contribution in [-0.4, -0.2) is 50.8 Å². The lowest BCUT2D eigenvalue weighted by atomic mass is 10.3. The lowest BCUT2D eigenvalue weighted by molar-refractivity contribution is -0.114. The largest absolute Gasteiger partial charge is 0.378 e. The summed E-state index contributed by atoms with van der Waals surface area (Å²) in [4.78, 5) is 13.1. The Kier molecular flexibility index (Phi) is 5.33. The van der Waals surface area contributed by atoms with Crippen molar-refractivity contribution in [3.8, 4) is 0 Å². The Morgan fingerprint density at radius 3 is 2.35 bits per heavy atom. The molecule has 26 heavy (non-hydrogen) atoms. The summed E-state index contributed by atoms with van der Waals surface area (Å²) >= 11 is 0. The number of anilines is 3. The molecule has 3 rings (SSSR count). The fourth-order valence-corrected chi connectivity index (χ4v) is 3.45. The fraction of sp³-hybridized carbons (Fsp3) is 0.312. The number of hydrogen-bond donors (Lipinski definition) is 2. The first-order valence-corrected chi connectivity index (χ1v) is 9.49. The van der Waals surface area contributed by atoms with Gasteiger partial charge in [0.15, 0.2) is 11.6 Å². The van der Waals surface area contributed by atoms with Gasteiger partial charge in [-0.2, -0.15) is 0 Å². The summed E-state index contributed by atoms with van der Waals surface area (Å²) < 4.78 is 32.5. The van der Waals surface area contributed by atoms with Gasteiger partial charge in [0.05, 0.1) is 18.1 Å². The van der Waals surface area contributed by atoms with Crippen LogP contribution in [-0.2, 0) is 19.6 Å². The van der Waals surface area contributed by atoms with Gasteiger partial charge in [-0.25, -0.2) is 8.42 Å². The van der Waals surface area contributed by atoms with E-state index < -0.39 is 10.0 Å². The van der Waals surface area contributed by atoms with Crippen LogP contribution in [0.2, 0.25) is 0 Å². The molecule has 0 bridgehead atoms. The minimum Gasteiger partial charge on any atom is -0.378 e. The van der Waals surface area contributed by atoms with Crippen LogP contribution in [0.3, 0.4) is 0 Å². The van der Waals surface area contributed by atoms with Crippen molar-refractivity contribution in [2.24, 2.45) is 0 Å². The Labute approximate surface area is 151 Å². The summed E-state index contributed by atoms with van der Waals surface area (Å²) in [5.41, 5.74) is 0.520. The molecular weight excluding hydrogens is 358 g/mol. The predicted octanol–water partition coefficient (Wildman–Crippen LogP) is 1.07. The summed E-state index contributed by atoms with van der Waals surface area (Å²) in [6.07, 6.45) is 0. The van der Waals surface area contributed by atoms with Crippen molar-refractivity contribution < 1.29 is 17.9 Å². The standard InChI is InChI=1S/C16H19N5O4S/c1-12(22)17-13-2-4-14(5-3-13)26(23,24)20-15-6-7-16(19-18-15)21-8-10-25-11-9-21/h2-7H,8-11H2,1H3,(H,17,22)(H,18,20). The van der Waals surface area contributed by atoms with E-state index in [0.717, 1.165) is 13.1 Å². The quantitative estimate of drug-likeness (QED) is 0.801. The van der Waals surface area contributed by atoms with E-state index in [9.17, 15) is 13.2 Å². The van der Waals surface area contributed by atoms with E-state index in [4.69, 9.17) is 4.74 Å². The van der Waals surface area contributed by atoms with Crippen LogP contribution in [0.4, 0.5) is 17.3 Å². The average molecular weight is 377 g/mol. The second-order valence-electron chi connectivity index (χ2n) is 5.69. The Morgan fingerprint density at radius 2 is 1.77 bits per heavy atom. The van der Waals surface area contributed by atoms with Gasteiger partial charge in [0.1, 0.15) is 0 Å². The van der Waals surface area contributed by atoms with E-state index in [2.05, 4.69) is 20.2 Å². The Hall–Kier alpha value is -2.72. The predicted molar refractivity (Wildman–Crippen MR) is 96.6 cm³/mol. The highest BCUT2D eigenvalue weighted by Gasteiger charge is 2.17. The van der Waals surface area contributed by atoms with Crippen molar-refractivity contribution in [2.75, 3.05) is 41.2 Å². The second kappa shape index (κ2) is 7.67. The molecular formula is C16H19N5O4S. The molecule has 2 aromatic rings. The molecule has 9 nitrogen and oxygen atoms in total. The second-order valence-corrected chi connectivity index (χ2v) is 7.37.